The zero-order valence-corrected chi connectivity index (χ0v) is 20.5. The molecule has 3 aromatic rings. The van der Waals surface area contributed by atoms with Crippen LogP contribution in [0.3, 0.4) is 0 Å². The fourth-order valence-corrected chi connectivity index (χ4v) is 3.48. The summed E-state index contributed by atoms with van der Waals surface area (Å²) in [7, 11) is 2.85. The number of halogens is 1. The maximum atomic E-state index is 13.3. The summed E-state index contributed by atoms with van der Waals surface area (Å²) in [6.45, 7) is 5.30. The normalized spacial score (nSPS) is 11.7. The number of carboxylic acids is 1. The Morgan fingerprint density at radius 2 is 1.82 bits per heavy atom. The van der Waals surface area contributed by atoms with E-state index in [1.54, 1.807) is 24.3 Å². The monoisotopic (exact) mass is 517 g/mol. The van der Waals surface area contributed by atoms with Gasteiger partial charge in [0.15, 0.2) is 18.1 Å². The lowest BCUT2D eigenvalue weighted by molar-refractivity contribution is -0.139. The lowest BCUT2D eigenvalue weighted by Gasteiger charge is -2.21. The fraction of sp³-hybridized carbons (Fsp3) is 0.304. The largest absolute Gasteiger partial charge is 0.493 e. The first kappa shape index (κ1) is 24.2. The van der Waals surface area contributed by atoms with E-state index in [1.165, 1.54) is 25.1 Å². The number of fused-ring (bicyclic) bond motifs is 1. The number of benzene rings is 2. The number of hydrogen-bond donors (Lipinski definition) is 1. The molecule has 3 rings (SSSR count). The van der Waals surface area contributed by atoms with E-state index in [2.05, 4.69) is 26.0 Å². The van der Waals surface area contributed by atoms with Gasteiger partial charge in [-0.25, -0.2) is 9.78 Å². The van der Waals surface area contributed by atoms with E-state index in [4.69, 9.17) is 19.3 Å². The molecule has 0 unspecified atom stereocenters. The standard InChI is InChI=1S/C23H24BrN3O6/c1-23(2,3)22-26-16-7-6-14(24)10-15(16)21(30)27(22)25-11-13-8-17(31-4)20(18(9-13)32-5)33-12-19(28)29/h6-11H,12H2,1-5H3,(H,28,29). The number of carboxylic acid groups (broad SMARTS) is 1. The molecule has 1 N–H and O–H groups in total. The Morgan fingerprint density at radius 3 is 2.36 bits per heavy atom. The van der Waals surface area contributed by atoms with Gasteiger partial charge in [0.2, 0.25) is 5.75 Å². The summed E-state index contributed by atoms with van der Waals surface area (Å²) >= 11 is 3.39. The van der Waals surface area contributed by atoms with Crippen LogP contribution >= 0.6 is 15.9 Å². The van der Waals surface area contributed by atoms with Crippen molar-refractivity contribution in [2.45, 2.75) is 26.2 Å². The maximum Gasteiger partial charge on any atom is 0.341 e. The number of rotatable bonds is 7. The molecule has 33 heavy (non-hydrogen) atoms. The Bertz CT molecular complexity index is 1270. The van der Waals surface area contributed by atoms with Gasteiger partial charge in [0.1, 0.15) is 5.82 Å². The van der Waals surface area contributed by atoms with Crippen LogP contribution in [-0.4, -0.2) is 47.8 Å². The van der Waals surface area contributed by atoms with Gasteiger partial charge >= 0.3 is 5.97 Å². The van der Waals surface area contributed by atoms with Crippen LogP contribution in [0.1, 0.15) is 32.2 Å². The van der Waals surface area contributed by atoms with Gasteiger partial charge in [0.05, 0.1) is 31.3 Å². The lowest BCUT2D eigenvalue weighted by Crippen LogP contribution is -2.29. The number of aliphatic carboxylic acids is 1. The Morgan fingerprint density at radius 1 is 1.18 bits per heavy atom. The number of methoxy groups -OCH3 is 2. The summed E-state index contributed by atoms with van der Waals surface area (Å²) in [5.74, 6) is 0.0551. The van der Waals surface area contributed by atoms with Crippen molar-refractivity contribution in [1.29, 1.82) is 0 Å². The van der Waals surface area contributed by atoms with Crippen LogP contribution in [0, 0.1) is 0 Å². The molecule has 2 aromatic carbocycles. The van der Waals surface area contributed by atoms with Gasteiger partial charge in [0.25, 0.3) is 5.56 Å². The summed E-state index contributed by atoms with van der Waals surface area (Å²) in [6.07, 6.45) is 1.48. The highest BCUT2D eigenvalue weighted by atomic mass is 79.9. The van der Waals surface area contributed by atoms with Gasteiger partial charge in [-0.15, -0.1) is 0 Å². The molecule has 0 saturated heterocycles. The number of carbonyl (C=O) groups is 1. The highest BCUT2D eigenvalue weighted by Crippen LogP contribution is 2.38. The maximum absolute atomic E-state index is 13.3. The Balaban J connectivity index is 2.14. The average molecular weight is 518 g/mol. The highest BCUT2D eigenvalue weighted by molar-refractivity contribution is 9.10. The van der Waals surface area contributed by atoms with Crippen molar-refractivity contribution in [1.82, 2.24) is 9.66 Å². The molecule has 0 saturated carbocycles. The quantitative estimate of drug-likeness (QED) is 0.474. The smallest absolute Gasteiger partial charge is 0.341 e. The Kier molecular flexibility index (Phi) is 7.06. The van der Waals surface area contributed by atoms with Crippen molar-refractivity contribution < 1.29 is 24.1 Å². The van der Waals surface area contributed by atoms with Crippen molar-refractivity contribution >= 4 is 39.0 Å². The molecule has 0 fully saturated rings. The second kappa shape index (κ2) is 9.62. The predicted molar refractivity (Wildman–Crippen MR) is 128 cm³/mol. The van der Waals surface area contributed by atoms with Gasteiger partial charge in [-0.3, -0.25) is 4.79 Å². The second-order valence-electron chi connectivity index (χ2n) is 8.15. The minimum atomic E-state index is -1.13. The SMILES string of the molecule is COc1cc(C=Nn2c(C(C)(C)C)nc3ccc(Br)cc3c2=O)cc(OC)c1OCC(=O)O. The first-order chi connectivity index (χ1) is 15.5. The molecule has 0 aliphatic heterocycles. The summed E-state index contributed by atoms with van der Waals surface area (Å²) < 4.78 is 18.0. The van der Waals surface area contributed by atoms with Crippen molar-refractivity contribution in [3.05, 3.63) is 56.5 Å². The minimum Gasteiger partial charge on any atom is -0.493 e. The van der Waals surface area contributed by atoms with Crippen LogP contribution in [0.4, 0.5) is 0 Å². The third-order valence-corrected chi connectivity index (χ3v) is 5.12. The topological polar surface area (TPSA) is 112 Å². The first-order valence-corrected chi connectivity index (χ1v) is 10.7. The molecule has 0 bridgehead atoms. The van der Waals surface area contributed by atoms with Gasteiger partial charge in [0, 0.05) is 15.5 Å². The fourth-order valence-electron chi connectivity index (χ4n) is 3.12. The van der Waals surface area contributed by atoms with E-state index in [0.717, 1.165) is 4.47 Å². The predicted octanol–water partition coefficient (Wildman–Crippen LogP) is 3.82. The van der Waals surface area contributed by atoms with Crippen LogP contribution in [0.15, 0.2) is 44.7 Å². The summed E-state index contributed by atoms with van der Waals surface area (Å²) in [5.41, 5.74) is 0.375. The third kappa shape index (κ3) is 5.33. The van der Waals surface area contributed by atoms with Crippen molar-refractivity contribution in [3.63, 3.8) is 0 Å². The Hall–Kier alpha value is -3.40. The molecule has 1 aromatic heterocycles. The van der Waals surface area contributed by atoms with E-state index in [9.17, 15) is 9.59 Å². The van der Waals surface area contributed by atoms with Crippen molar-refractivity contribution in [2.24, 2.45) is 5.10 Å². The summed E-state index contributed by atoms with van der Waals surface area (Å²) in [6, 6.07) is 8.55. The highest BCUT2D eigenvalue weighted by Gasteiger charge is 2.23. The zero-order valence-electron chi connectivity index (χ0n) is 18.9. The van der Waals surface area contributed by atoms with Gasteiger partial charge in [-0.05, 0) is 30.3 Å². The third-order valence-electron chi connectivity index (χ3n) is 4.62. The number of hydrogen-bond acceptors (Lipinski definition) is 7. The average Bonchev–Trinajstić information content (AvgIpc) is 2.76. The van der Waals surface area contributed by atoms with E-state index >= 15 is 0 Å². The molecule has 10 heteroatoms. The summed E-state index contributed by atoms with van der Waals surface area (Å²) in [5, 5.41) is 13.8. The van der Waals surface area contributed by atoms with Crippen LogP contribution in [0.25, 0.3) is 10.9 Å². The van der Waals surface area contributed by atoms with E-state index in [0.29, 0.717) is 22.3 Å². The molecule has 0 amide bonds. The van der Waals surface area contributed by atoms with Crippen LogP contribution in [-0.2, 0) is 10.2 Å². The minimum absolute atomic E-state index is 0.157. The molecule has 0 aliphatic carbocycles. The van der Waals surface area contributed by atoms with Crippen LogP contribution in [0.2, 0.25) is 0 Å². The van der Waals surface area contributed by atoms with Crippen molar-refractivity contribution in [2.75, 3.05) is 20.8 Å². The molecule has 0 atom stereocenters. The van der Waals surface area contributed by atoms with Gasteiger partial charge in [-0.2, -0.15) is 9.78 Å². The number of aromatic nitrogens is 2. The zero-order chi connectivity index (χ0) is 24.3. The molecular weight excluding hydrogens is 494 g/mol. The van der Waals surface area contributed by atoms with Crippen LogP contribution < -0.4 is 19.8 Å². The first-order valence-electron chi connectivity index (χ1n) is 9.93. The van der Waals surface area contributed by atoms with Gasteiger partial charge < -0.3 is 19.3 Å². The van der Waals surface area contributed by atoms with Crippen LogP contribution in [0.5, 0.6) is 17.2 Å². The second-order valence-corrected chi connectivity index (χ2v) is 9.06. The molecule has 0 radical (unpaired) electrons. The number of nitrogens with zero attached hydrogens (tertiary/aromatic N) is 3. The molecule has 0 spiro atoms. The molecule has 0 aliphatic rings. The van der Waals surface area contributed by atoms with E-state index < -0.39 is 18.0 Å². The summed E-state index contributed by atoms with van der Waals surface area (Å²) in [4.78, 5) is 28.9. The molecular formula is C23H24BrN3O6. The van der Waals surface area contributed by atoms with E-state index in [1.807, 2.05) is 26.8 Å². The molecule has 1 heterocycles. The molecule has 9 nitrogen and oxygen atoms in total. The van der Waals surface area contributed by atoms with Crippen molar-refractivity contribution in [3.8, 4) is 17.2 Å². The van der Waals surface area contributed by atoms with Gasteiger partial charge in [-0.1, -0.05) is 36.7 Å². The lowest BCUT2D eigenvalue weighted by atomic mass is 9.95. The molecule has 174 valence electrons. The van der Waals surface area contributed by atoms with E-state index in [-0.39, 0.29) is 22.8 Å². The number of ether oxygens (including phenoxy) is 3. The Labute approximate surface area is 198 Å².